The molecule has 3 rings (SSSR count). The van der Waals surface area contributed by atoms with Crippen molar-refractivity contribution in [3.8, 4) is 0 Å². The quantitative estimate of drug-likeness (QED) is 0.843. The van der Waals surface area contributed by atoms with Crippen molar-refractivity contribution in [3.05, 3.63) is 28.9 Å². The monoisotopic (exact) mass is 249 g/mol. The van der Waals surface area contributed by atoms with Crippen LogP contribution in [0.25, 0.3) is 10.9 Å². The Kier molecular flexibility index (Phi) is 2.81. The Bertz CT molecular complexity index is 526. The smallest absolute Gasteiger partial charge is 0.0654 e. The molecule has 3 nitrogen and oxygen atoms in total. The lowest BCUT2D eigenvalue weighted by molar-refractivity contribution is 0.255. The molecule has 0 atom stereocenters. The fourth-order valence-corrected chi connectivity index (χ4v) is 2.94. The van der Waals surface area contributed by atoms with Gasteiger partial charge < -0.3 is 4.90 Å². The molecule has 0 amide bonds. The van der Waals surface area contributed by atoms with Crippen LogP contribution in [-0.2, 0) is 0 Å². The van der Waals surface area contributed by atoms with Crippen LogP contribution in [0.2, 0.25) is 5.02 Å². The van der Waals surface area contributed by atoms with Gasteiger partial charge in [0.1, 0.15) is 0 Å². The maximum atomic E-state index is 6.37. The summed E-state index contributed by atoms with van der Waals surface area (Å²) in [5.74, 6) is 0.589. The largest absolute Gasteiger partial charge is 0.306 e. The second kappa shape index (κ2) is 4.31. The highest BCUT2D eigenvalue weighted by Gasteiger charge is 2.21. The van der Waals surface area contributed by atoms with Crippen LogP contribution in [0.5, 0.6) is 0 Å². The molecule has 1 saturated heterocycles. The highest BCUT2D eigenvalue weighted by atomic mass is 35.5. The summed E-state index contributed by atoms with van der Waals surface area (Å²) in [6.45, 7) is 2.31. The van der Waals surface area contributed by atoms with Gasteiger partial charge in [0.25, 0.3) is 0 Å². The van der Waals surface area contributed by atoms with Gasteiger partial charge in [-0.05, 0) is 56.6 Å². The van der Waals surface area contributed by atoms with Crippen molar-refractivity contribution >= 4 is 22.5 Å². The number of piperidine rings is 1. The molecule has 1 aliphatic rings. The van der Waals surface area contributed by atoms with Crippen molar-refractivity contribution in [2.24, 2.45) is 0 Å². The Morgan fingerprint density at radius 1 is 1.35 bits per heavy atom. The topological polar surface area (TPSA) is 31.9 Å². The average Bonchev–Trinajstić information content (AvgIpc) is 2.76. The molecule has 1 N–H and O–H groups in total. The molecule has 1 aliphatic heterocycles. The van der Waals surface area contributed by atoms with Gasteiger partial charge >= 0.3 is 0 Å². The van der Waals surface area contributed by atoms with Gasteiger partial charge in [0.05, 0.1) is 11.7 Å². The molecule has 2 aromatic rings. The minimum absolute atomic E-state index is 0.589. The van der Waals surface area contributed by atoms with E-state index in [1.807, 2.05) is 12.3 Å². The molecule has 0 saturated carbocycles. The zero-order valence-electron chi connectivity index (χ0n) is 9.91. The van der Waals surface area contributed by atoms with Gasteiger partial charge in [-0.1, -0.05) is 11.6 Å². The van der Waals surface area contributed by atoms with Gasteiger partial charge in [-0.2, -0.15) is 5.10 Å². The number of nitrogens with one attached hydrogen (secondary N) is 1. The summed E-state index contributed by atoms with van der Waals surface area (Å²) in [4.78, 5) is 2.37. The number of H-pyrrole nitrogens is 1. The van der Waals surface area contributed by atoms with Crippen LogP contribution in [0, 0.1) is 0 Å². The van der Waals surface area contributed by atoms with Crippen LogP contribution in [0.3, 0.4) is 0 Å². The molecule has 2 heterocycles. The van der Waals surface area contributed by atoms with Crippen molar-refractivity contribution in [2.45, 2.75) is 18.8 Å². The van der Waals surface area contributed by atoms with Crippen LogP contribution >= 0.6 is 11.6 Å². The first-order valence-electron chi connectivity index (χ1n) is 6.05. The third kappa shape index (κ3) is 2.05. The molecular formula is C13H16ClN3. The molecule has 17 heavy (non-hydrogen) atoms. The minimum atomic E-state index is 0.589. The summed E-state index contributed by atoms with van der Waals surface area (Å²) in [5.41, 5.74) is 2.36. The Morgan fingerprint density at radius 3 is 2.88 bits per heavy atom. The lowest BCUT2D eigenvalue weighted by atomic mass is 9.89. The second-order valence-electron chi connectivity index (χ2n) is 4.91. The van der Waals surface area contributed by atoms with E-state index in [0.717, 1.165) is 29.0 Å². The maximum absolute atomic E-state index is 6.37. The number of nitrogens with zero attached hydrogens (tertiary/aromatic N) is 2. The molecule has 1 aromatic heterocycles. The van der Waals surface area contributed by atoms with E-state index in [1.165, 1.54) is 18.4 Å². The van der Waals surface area contributed by atoms with Crippen LogP contribution in [0.15, 0.2) is 18.3 Å². The van der Waals surface area contributed by atoms with Crippen molar-refractivity contribution in [1.29, 1.82) is 0 Å². The number of rotatable bonds is 1. The molecule has 90 valence electrons. The zero-order chi connectivity index (χ0) is 11.8. The van der Waals surface area contributed by atoms with Gasteiger partial charge in [0, 0.05) is 10.4 Å². The Morgan fingerprint density at radius 2 is 2.12 bits per heavy atom. The van der Waals surface area contributed by atoms with Crippen LogP contribution in [0.4, 0.5) is 0 Å². The van der Waals surface area contributed by atoms with E-state index in [9.17, 15) is 0 Å². The number of aromatic amines is 1. The van der Waals surface area contributed by atoms with E-state index in [-0.39, 0.29) is 0 Å². The van der Waals surface area contributed by atoms with Crippen LogP contribution < -0.4 is 0 Å². The molecule has 1 aromatic carbocycles. The molecule has 0 bridgehead atoms. The van der Waals surface area contributed by atoms with Crippen LogP contribution in [-0.4, -0.2) is 35.2 Å². The van der Waals surface area contributed by atoms with E-state index < -0.39 is 0 Å². The Hall–Kier alpha value is -1.06. The number of aromatic nitrogens is 2. The standard InChI is InChI=1S/C13H16ClN3/c1-17-4-2-9(3-5-17)11-7-13-10(6-12(11)14)8-15-16-13/h6-9H,2-5H2,1H3,(H,15,16). The summed E-state index contributed by atoms with van der Waals surface area (Å²) in [6, 6.07) is 4.19. The highest BCUT2D eigenvalue weighted by Crippen LogP contribution is 2.34. The summed E-state index contributed by atoms with van der Waals surface area (Å²) in [7, 11) is 2.18. The van der Waals surface area contributed by atoms with E-state index in [1.54, 1.807) is 0 Å². The van der Waals surface area contributed by atoms with Gasteiger partial charge in [0.2, 0.25) is 0 Å². The third-order valence-electron chi connectivity index (χ3n) is 3.72. The number of hydrogen-bond acceptors (Lipinski definition) is 2. The fourth-order valence-electron chi connectivity index (χ4n) is 2.61. The SMILES string of the molecule is CN1CCC(c2cc3[nH]ncc3cc2Cl)CC1. The predicted molar refractivity (Wildman–Crippen MR) is 70.6 cm³/mol. The van der Waals surface area contributed by atoms with Crippen molar-refractivity contribution < 1.29 is 0 Å². The molecule has 4 heteroatoms. The minimum Gasteiger partial charge on any atom is -0.306 e. The van der Waals surface area contributed by atoms with Crippen LogP contribution in [0.1, 0.15) is 24.3 Å². The number of hydrogen-bond donors (Lipinski definition) is 1. The zero-order valence-corrected chi connectivity index (χ0v) is 10.7. The number of fused-ring (bicyclic) bond motifs is 1. The lowest BCUT2D eigenvalue weighted by Gasteiger charge is -2.29. The predicted octanol–water partition coefficient (Wildman–Crippen LogP) is 3.03. The number of halogens is 1. The van der Waals surface area contributed by atoms with Gasteiger partial charge in [-0.25, -0.2) is 0 Å². The summed E-state index contributed by atoms with van der Waals surface area (Å²) >= 11 is 6.37. The second-order valence-corrected chi connectivity index (χ2v) is 5.32. The van der Waals surface area contributed by atoms with E-state index in [2.05, 4.69) is 28.2 Å². The van der Waals surface area contributed by atoms with E-state index >= 15 is 0 Å². The first kappa shape index (κ1) is 11.1. The summed E-state index contributed by atoms with van der Waals surface area (Å²) in [5, 5.41) is 9.04. The first-order valence-corrected chi connectivity index (χ1v) is 6.43. The van der Waals surface area contributed by atoms with E-state index in [4.69, 9.17) is 11.6 Å². The van der Waals surface area contributed by atoms with Gasteiger partial charge in [-0.3, -0.25) is 5.10 Å². The molecule has 0 aliphatic carbocycles. The lowest BCUT2D eigenvalue weighted by Crippen LogP contribution is -2.29. The van der Waals surface area contributed by atoms with Crippen molar-refractivity contribution in [3.63, 3.8) is 0 Å². The average molecular weight is 250 g/mol. The molecule has 0 radical (unpaired) electrons. The number of benzene rings is 1. The summed E-state index contributed by atoms with van der Waals surface area (Å²) < 4.78 is 0. The fraction of sp³-hybridized carbons (Fsp3) is 0.462. The number of likely N-dealkylation sites (tertiary alicyclic amines) is 1. The summed E-state index contributed by atoms with van der Waals surface area (Å²) in [6.07, 6.45) is 4.20. The Labute approximate surface area is 106 Å². The molecule has 0 unspecified atom stereocenters. The molecular weight excluding hydrogens is 234 g/mol. The van der Waals surface area contributed by atoms with Gasteiger partial charge in [-0.15, -0.1) is 0 Å². The molecule has 0 spiro atoms. The molecule has 1 fully saturated rings. The van der Waals surface area contributed by atoms with Crippen molar-refractivity contribution in [2.75, 3.05) is 20.1 Å². The highest BCUT2D eigenvalue weighted by molar-refractivity contribution is 6.32. The van der Waals surface area contributed by atoms with Gasteiger partial charge in [0.15, 0.2) is 0 Å². The van der Waals surface area contributed by atoms with Crippen molar-refractivity contribution in [1.82, 2.24) is 15.1 Å². The third-order valence-corrected chi connectivity index (χ3v) is 4.04. The first-order chi connectivity index (χ1) is 8.24. The Balaban J connectivity index is 1.96. The van der Waals surface area contributed by atoms with E-state index in [0.29, 0.717) is 5.92 Å². The normalized spacial score (nSPS) is 18.9. The maximum Gasteiger partial charge on any atom is 0.0654 e.